The molecule has 3 aromatic carbocycles. The van der Waals surface area contributed by atoms with Gasteiger partial charge in [-0.15, -0.1) is 4.91 Å². The smallest absolute Gasteiger partial charge is 0.318 e. The van der Waals surface area contributed by atoms with Gasteiger partial charge in [0.1, 0.15) is 11.5 Å². The highest BCUT2D eigenvalue weighted by molar-refractivity contribution is 7.99. The fourth-order valence-electron chi connectivity index (χ4n) is 3.17. The highest BCUT2D eigenvalue weighted by Crippen LogP contribution is 2.30. The average Bonchev–Trinajstić information content (AvgIpc) is 2.73. The van der Waals surface area contributed by atoms with Crippen molar-refractivity contribution in [3.63, 3.8) is 0 Å². The van der Waals surface area contributed by atoms with Crippen molar-refractivity contribution in [2.24, 2.45) is 4.58 Å². The lowest BCUT2D eigenvalue weighted by molar-refractivity contribution is -0.136. The van der Waals surface area contributed by atoms with Gasteiger partial charge in [-0.1, -0.05) is 42.0 Å². The maximum atomic E-state index is 12.6. The van der Waals surface area contributed by atoms with E-state index >= 15 is 0 Å². The number of esters is 2. The van der Waals surface area contributed by atoms with E-state index in [1.807, 2.05) is 50.2 Å². The molecule has 0 fully saturated rings. The Balaban J connectivity index is 1.69. The van der Waals surface area contributed by atoms with Gasteiger partial charge in [-0.05, 0) is 68.3 Å². The largest absolute Gasteiger partial charge is 0.426 e. The Hall–Kier alpha value is -3.19. The summed E-state index contributed by atoms with van der Waals surface area (Å²) in [4.78, 5) is 35.2. The number of aryl methyl sites for hydroxylation is 1. The van der Waals surface area contributed by atoms with E-state index in [0.29, 0.717) is 11.5 Å². The molecule has 0 aromatic heterocycles. The van der Waals surface area contributed by atoms with Gasteiger partial charge in [0.15, 0.2) is 0 Å². The van der Waals surface area contributed by atoms with E-state index in [1.165, 1.54) is 0 Å². The van der Waals surface area contributed by atoms with Crippen LogP contribution in [0.3, 0.4) is 0 Å². The van der Waals surface area contributed by atoms with Gasteiger partial charge in [-0.2, -0.15) is 0 Å². The molecule has 0 aliphatic rings. The number of benzene rings is 3. The number of rotatable bonds is 8. The van der Waals surface area contributed by atoms with E-state index in [0.717, 1.165) is 33.8 Å². The highest BCUT2D eigenvalue weighted by Gasteiger charge is 2.25. The molecule has 0 aliphatic carbocycles. The van der Waals surface area contributed by atoms with Crippen LogP contribution in [-0.2, 0) is 9.59 Å². The Morgan fingerprint density at radius 2 is 1.56 bits per heavy atom. The second kappa shape index (κ2) is 9.96. The zero-order valence-corrected chi connectivity index (χ0v) is 19.3. The molecule has 3 rings (SSSR count). The minimum Gasteiger partial charge on any atom is -0.426 e. The normalized spacial score (nSPS) is 12.2. The third-order valence-corrected chi connectivity index (χ3v) is 5.73. The van der Waals surface area contributed by atoms with Crippen LogP contribution in [0.4, 0.5) is 0 Å². The first kappa shape index (κ1) is 23.5. The molecule has 0 radical (unpaired) electrons. The molecule has 6 nitrogen and oxygen atoms in total. The first-order chi connectivity index (χ1) is 15.2. The lowest BCUT2D eigenvalue weighted by atomic mass is 9.98. The number of ether oxygens (including phenoxy) is 2. The van der Waals surface area contributed by atoms with Crippen molar-refractivity contribution in [3.05, 3.63) is 76.7 Å². The molecule has 7 heteroatoms. The molecule has 1 atom stereocenters. The zero-order valence-electron chi connectivity index (χ0n) is 18.5. The van der Waals surface area contributed by atoms with Gasteiger partial charge in [0.25, 0.3) is 0 Å². The van der Waals surface area contributed by atoms with Crippen molar-refractivity contribution in [1.29, 1.82) is 0 Å². The van der Waals surface area contributed by atoms with Crippen LogP contribution in [0.25, 0.3) is 10.8 Å². The molecule has 166 valence electrons. The zero-order chi connectivity index (χ0) is 23.3. The molecule has 0 spiro atoms. The van der Waals surface area contributed by atoms with E-state index in [2.05, 4.69) is 4.58 Å². The fraction of sp³-hybridized carbons (Fsp3) is 0.280. The van der Waals surface area contributed by atoms with E-state index < -0.39 is 16.6 Å². The molecule has 0 saturated heterocycles. The van der Waals surface area contributed by atoms with Crippen molar-refractivity contribution in [2.45, 2.75) is 44.8 Å². The van der Waals surface area contributed by atoms with Gasteiger partial charge >= 0.3 is 11.9 Å². The summed E-state index contributed by atoms with van der Waals surface area (Å²) in [6.45, 7) is 7.29. The summed E-state index contributed by atoms with van der Waals surface area (Å²) in [5, 5.41) is 1.79. The topological polar surface area (TPSA) is 82.0 Å². The SMILES string of the molecule is Cc1ccc(OC(=O)[C@@H](C)c2ccc3cc(OC(=O)CC(C)(C)SN=O)ccc3c2)cc1. The van der Waals surface area contributed by atoms with E-state index in [9.17, 15) is 14.5 Å². The molecule has 32 heavy (non-hydrogen) atoms. The molecule has 0 bridgehead atoms. The Morgan fingerprint density at radius 3 is 2.25 bits per heavy atom. The number of nitroso groups, excluding NO2 is 1. The first-order valence-corrected chi connectivity index (χ1v) is 11.0. The van der Waals surface area contributed by atoms with Crippen LogP contribution in [0, 0.1) is 11.8 Å². The van der Waals surface area contributed by atoms with Crippen molar-refractivity contribution in [2.75, 3.05) is 0 Å². The monoisotopic (exact) mass is 451 g/mol. The maximum Gasteiger partial charge on any atom is 0.318 e. The molecule has 0 saturated carbocycles. The number of hydrogen-bond donors (Lipinski definition) is 0. The van der Waals surface area contributed by atoms with E-state index in [4.69, 9.17) is 9.47 Å². The van der Waals surface area contributed by atoms with Gasteiger partial charge < -0.3 is 9.47 Å². The summed E-state index contributed by atoms with van der Waals surface area (Å²) in [5.41, 5.74) is 1.93. The summed E-state index contributed by atoms with van der Waals surface area (Å²) in [6, 6.07) is 18.3. The minimum atomic E-state index is -0.631. The molecule has 0 amide bonds. The van der Waals surface area contributed by atoms with Crippen molar-refractivity contribution < 1.29 is 19.1 Å². The Labute approximate surface area is 191 Å². The number of fused-ring (bicyclic) bond motifs is 1. The van der Waals surface area contributed by atoms with E-state index in [1.54, 1.807) is 38.1 Å². The fourth-order valence-corrected chi connectivity index (χ4v) is 3.55. The van der Waals surface area contributed by atoms with Crippen LogP contribution in [0.1, 0.15) is 44.2 Å². The number of nitrogens with zero attached hydrogens (tertiary/aromatic N) is 1. The number of hydrogen-bond acceptors (Lipinski definition) is 7. The Kier molecular flexibility index (Phi) is 7.30. The van der Waals surface area contributed by atoms with Crippen LogP contribution in [0.15, 0.2) is 65.2 Å². The summed E-state index contributed by atoms with van der Waals surface area (Å²) in [7, 11) is 0. The van der Waals surface area contributed by atoms with Gasteiger partial charge in [-0.25, -0.2) is 0 Å². The van der Waals surface area contributed by atoms with Crippen LogP contribution in [-0.4, -0.2) is 16.7 Å². The number of carbonyl (C=O) groups excluding carboxylic acids is 2. The second-order valence-corrected chi connectivity index (χ2v) is 9.74. The highest BCUT2D eigenvalue weighted by atomic mass is 32.2. The summed E-state index contributed by atoms with van der Waals surface area (Å²) in [5.74, 6) is -0.268. The molecular weight excluding hydrogens is 426 g/mol. The quantitative estimate of drug-likeness (QED) is 0.172. The molecule has 0 aliphatic heterocycles. The lowest BCUT2D eigenvalue weighted by Gasteiger charge is -2.17. The van der Waals surface area contributed by atoms with Gasteiger partial charge in [0.2, 0.25) is 0 Å². The Bertz CT molecular complexity index is 1140. The van der Waals surface area contributed by atoms with Crippen LogP contribution >= 0.6 is 11.9 Å². The predicted octanol–water partition coefficient (Wildman–Crippen LogP) is 6.35. The summed E-state index contributed by atoms with van der Waals surface area (Å²) in [6.07, 6.45) is 0.0565. The first-order valence-electron chi connectivity index (χ1n) is 10.2. The minimum absolute atomic E-state index is 0.0565. The van der Waals surface area contributed by atoms with Crippen LogP contribution < -0.4 is 9.47 Å². The predicted molar refractivity (Wildman–Crippen MR) is 127 cm³/mol. The van der Waals surface area contributed by atoms with Crippen LogP contribution in [0.5, 0.6) is 11.5 Å². The van der Waals surface area contributed by atoms with Gasteiger partial charge in [-0.3, -0.25) is 9.59 Å². The Morgan fingerprint density at radius 1 is 0.938 bits per heavy atom. The molecule has 0 unspecified atom stereocenters. The van der Waals surface area contributed by atoms with E-state index in [-0.39, 0.29) is 12.4 Å². The van der Waals surface area contributed by atoms with Crippen molar-refractivity contribution in [1.82, 2.24) is 0 Å². The molecule has 3 aromatic rings. The standard InChI is InChI=1S/C25H25NO5S/c1-16-5-10-21(11-6-16)31-24(28)17(2)18-7-8-20-14-22(12-9-19(20)13-18)30-23(27)15-25(3,4)32-26-29/h5-14,17H,15H2,1-4H3/t17-/m0/s1. The van der Waals surface area contributed by atoms with Crippen molar-refractivity contribution >= 4 is 34.7 Å². The van der Waals surface area contributed by atoms with Crippen molar-refractivity contribution in [3.8, 4) is 11.5 Å². The van der Waals surface area contributed by atoms with Crippen LogP contribution in [0.2, 0.25) is 0 Å². The van der Waals surface area contributed by atoms with Gasteiger partial charge in [0.05, 0.1) is 12.3 Å². The average molecular weight is 452 g/mol. The molecule has 0 N–H and O–H groups in total. The summed E-state index contributed by atoms with van der Waals surface area (Å²) >= 11 is 0.813. The molecular formula is C25H25NO5S. The third-order valence-electron chi connectivity index (χ3n) is 5.01. The number of carbonyl (C=O) groups is 2. The van der Waals surface area contributed by atoms with Gasteiger partial charge in [0, 0.05) is 21.3 Å². The molecule has 0 heterocycles. The third kappa shape index (κ3) is 6.17. The summed E-state index contributed by atoms with van der Waals surface area (Å²) < 4.78 is 13.1. The maximum absolute atomic E-state index is 12.6. The lowest BCUT2D eigenvalue weighted by Crippen LogP contribution is -2.22. The second-order valence-electron chi connectivity index (χ2n) is 8.30.